The largest absolute Gasteiger partial charge is 0.491 e. The highest BCUT2D eigenvalue weighted by Gasteiger charge is 2.41. The summed E-state index contributed by atoms with van der Waals surface area (Å²) in [6.45, 7) is 2.53. The van der Waals surface area contributed by atoms with Gasteiger partial charge in [0.1, 0.15) is 11.4 Å². The molecule has 0 unspecified atom stereocenters. The van der Waals surface area contributed by atoms with Crippen molar-refractivity contribution in [1.82, 2.24) is 20.2 Å². The Kier molecular flexibility index (Phi) is 7.06. The lowest BCUT2D eigenvalue weighted by atomic mass is 10.0. The van der Waals surface area contributed by atoms with E-state index in [1.165, 1.54) is 12.8 Å². The van der Waals surface area contributed by atoms with Crippen LogP contribution in [0.4, 0.5) is 23.1 Å². The zero-order chi connectivity index (χ0) is 26.4. The molecule has 1 atom stereocenters. The fourth-order valence-electron chi connectivity index (χ4n) is 6.04. The van der Waals surface area contributed by atoms with Crippen molar-refractivity contribution in [2.75, 3.05) is 48.9 Å². The molecule has 6 rings (SSSR count). The lowest BCUT2D eigenvalue weighted by Gasteiger charge is -2.41. The van der Waals surface area contributed by atoms with E-state index >= 15 is 0 Å². The summed E-state index contributed by atoms with van der Waals surface area (Å²) in [6, 6.07) is 4.25. The molecule has 1 aliphatic carbocycles. The lowest BCUT2D eigenvalue weighted by molar-refractivity contribution is -0.117. The first-order chi connectivity index (χ1) is 18.4. The SMILES string of the molecule is CN1CCC(NC(=O)c2ccc(Nc3ncc4c(n3)N(C3CCCC3)[C@@H](I)C(=O)N4C)c3c2CCO3)CC1. The van der Waals surface area contributed by atoms with Crippen LogP contribution in [0, 0.1) is 0 Å². The van der Waals surface area contributed by atoms with Gasteiger partial charge in [-0.1, -0.05) is 12.8 Å². The Morgan fingerprint density at radius 2 is 1.89 bits per heavy atom. The molecule has 1 saturated heterocycles. The van der Waals surface area contributed by atoms with Crippen LogP contribution in [-0.2, 0) is 11.2 Å². The van der Waals surface area contributed by atoms with Crippen LogP contribution >= 0.6 is 22.6 Å². The minimum absolute atomic E-state index is 0.0362. The molecule has 38 heavy (non-hydrogen) atoms. The normalized spacial score (nSPS) is 22.3. The maximum atomic E-state index is 13.2. The summed E-state index contributed by atoms with van der Waals surface area (Å²) in [5.41, 5.74) is 3.06. The molecule has 202 valence electrons. The number of hydrogen-bond donors (Lipinski definition) is 2. The summed E-state index contributed by atoms with van der Waals surface area (Å²) in [6.07, 6.45) is 8.79. The van der Waals surface area contributed by atoms with Gasteiger partial charge < -0.3 is 30.1 Å². The number of benzene rings is 1. The standard InChI is InChI=1S/C27H34IN7O3/c1-33-12-9-16(10-13-33)30-25(36)19-7-8-20(22-18(19)11-14-38-22)31-27-29-15-21-24(32-27)35(17-5-3-4-6-17)23(28)26(37)34(21)2/h7-8,15-17,23H,3-6,9-14H2,1-2H3,(H,30,36)(H,29,31,32)/t23-/m1/s1. The van der Waals surface area contributed by atoms with Gasteiger partial charge in [-0.3, -0.25) is 9.59 Å². The number of rotatable bonds is 5. The average Bonchev–Trinajstić information content (AvgIpc) is 3.62. The van der Waals surface area contributed by atoms with Crippen molar-refractivity contribution in [2.45, 2.75) is 61.1 Å². The topological polar surface area (TPSA) is 103 Å². The van der Waals surface area contributed by atoms with Gasteiger partial charge in [-0.25, -0.2) is 4.98 Å². The molecule has 0 bridgehead atoms. The van der Waals surface area contributed by atoms with Gasteiger partial charge in [-0.05, 0) is 80.5 Å². The van der Waals surface area contributed by atoms with Crippen molar-refractivity contribution in [3.05, 3.63) is 29.5 Å². The fraction of sp³-hybridized carbons (Fsp3) is 0.556. The second-order valence-electron chi connectivity index (χ2n) is 10.7. The number of fused-ring (bicyclic) bond motifs is 2. The number of alkyl halides is 1. The Balaban J connectivity index is 1.26. The maximum absolute atomic E-state index is 13.2. The predicted molar refractivity (Wildman–Crippen MR) is 155 cm³/mol. The molecule has 4 aliphatic rings. The number of nitrogens with zero attached hydrogens (tertiary/aromatic N) is 5. The van der Waals surface area contributed by atoms with Gasteiger partial charge in [-0.15, -0.1) is 0 Å². The smallest absolute Gasteiger partial charge is 0.259 e. The molecule has 0 spiro atoms. The lowest BCUT2D eigenvalue weighted by Crippen LogP contribution is -2.53. The number of ether oxygens (including phenoxy) is 1. The Bertz CT molecular complexity index is 1240. The van der Waals surface area contributed by atoms with E-state index in [9.17, 15) is 9.59 Å². The van der Waals surface area contributed by atoms with Crippen molar-refractivity contribution < 1.29 is 14.3 Å². The van der Waals surface area contributed by atoms with E-state index in [1.807, 2.05) is 12.1 Å². The first-order valence-electron chi connectivity index (χ1n) is 13.5. The Labute approximate surface area is 236 Å². The van der Waals surface area contributed by atoms with E-state index < -0.39 is 0 Å². The Morgan fingerprint density at radius 3 is 2.66 bits per heavy atom. The van der Waals surface area contributed by atoms with Crippen molar-refractivity contribution in [3.63, 3.8) is 0 Å². The highest BCUT2D eigenvalue weighted by atomic mass is 127. The summed E-state index contributed by atoms with van der Waals surface area (Å²) in [4.78, 5) is 41.7. The molecule has 1 aromatic heterocycles. The molecule has 2 fully saturated rings. The third-order valence-electron chi connectivity index (χ3n) is 8.26. The number of aromatic nitrogens is 2. The van der Waals surface area contributed by atoms with Gasteiger partial charge in [0, 0.05) is 36.7 Å². The van der Waals surface area contributed by atoms with Crippen LogP contribution in [-0.4, -0.2) is 76.6 Å². The molecule has 10 nitrogen and oxygen atoms in total. The second kappa shape index (κ2) is 10.5. The minimum atomic E-state index is -0.300. The maximum Gasteiger partial charge on any atom is 0.259 e. The van der Waals surface area contributed by atoms with Crippen molar-refractivity contribution in [1.29, 1.82) is 0 Å². The minimum Gasteiger partial charge on any atom is -0.491 e. The summed E-state index contributed by atoms with van der Waals surface area (Å²) in [5, 5.41) is 6.57. The van der Waals surface area contributed by atoms with Gasteiger partial charge in [-0.2, -0.15) is 4.98 Å². The van der Waals surface area contributed by atoms with Gasteiger partial charge >= 0.3 is 0 Å². The molecule has 3 aliphatic heterocycles. The number of piperidine rings is 1. The molecule has 2 amide bonds. The van der Waals surface area contributed by atoms with Crippen LogP contribution in [0.1, 0.15) is 54.4 Å². The van der Waals surface area contributed by atoms with Crippen LogP contribution < -0.4 is 25.2 Å². The van der Waals surface area contributed by atoms with Crippen LogP contribution in [0.15, 0.2) is 18.3 Å². The number of carbonyl (C=O) groups excluding carboxylic acids is 2. The summed E-state index contributed by atoms with van der Waals surface area (Å²) >= 11 is 2.23. The number of hydrogen-bond acceptors (Lipinski definition) is 8. The summed E-state index contributed by atoms with van der Waals surface area (Å²) < 4.78 is 5.69. The molecular formula is C27H34IN7O3. The number of likely N-dealkylation sites (tertiary alicyclic amines) is 1. The fourth-order valence-corrected chi connectivity index (χ4v) is 7.18. The van der Waals surface area contributed by atoms with Crippen molar-refractivity contribution >= 4 is 57.5 Å². The van der Waals surface area contributed by atoms with Gasteiger partial charge in [0.15, 0.2) is 9.87 Å². The number of nitrogens with one attached hydrogen (secondary N) is 2. The van der Waals surface area contributed by atoms with Crippen molar-refractivity contribution in [3.8, 4) is 5.75 Å². The van der Waals surface area contributed by atoms with Crippen LogP contribution in [0.3, 0.4) is 0 Å². The van der Waals surface area contributed by atoms with Crippen LogP contribution in [0.5, 0.6) is 5.75 Å². The number of anilines is 4. The molecule has 2 N–H and O–H groups in total. The molecule has 1 saturated carbocycles. The van der Waals surface area contributed by atoms with Gasteiger partial charge in [0.2, 0.25) is 5.95 Å². The summed E-state index contributed by atoms with van der Waals surface area (Å²) in [5.74, 6) is 1.93. The van der Waals surface area contributed by atoms with E-state index in [4.69, 9.17) is 9.72 Å². The molecule has 11 heteroatoms. The molecular weight excluding hydrogens is 597 g/mol. The summed E-state index contributed by atoms with van der Waals surface area (Å²) in [7, 11) is 3.90. The van der Waals surface area contributed by atoms with E-state index in [-0.39, 0.29) is 21.9 Å². The molecule has 4 heterocycles. The zero-order valence-electron chi connectivity index (χ0n) is 21.9. The molecule has 1 aromatic carbocycles. The predicted octanol–water partition coefficient (Wildman–Crippen LogP) is 3.47. The van der Waals surface area contributed by atoms with E-state index in [2.05, 4.69) is 55.1 Å². The quantitative estimate of drug-likeness (QED) is 0.294. The highest BCUT2D eigenvalue weighted by Crippen LogP contribution is 2.42. The number of halogens is 1. The van der Waals surface area contributed by atoms with Gasteiger partial charge in [0.05, 0.1) is 18.5 Å². The Hall–Kier alpha value is -2.67. The van der Waals surface area contributed by atoms with E-state index in [1.54, 1.807) is 18.1 Å². The third-order valence-corrected chi connectivity index (χ3v) is 9.39. The van der Waals surface area contributed by atoms with E-state index in [0.717, 1.165) is 61.5 Å². The first kappa shape index (κ1) is 25.6. The number of carbonyl (C=O) groups is 2. The average molecular weight is 632 g/mol. The first-order valence-corrected chi connectivity index (χ1v) is 14.8. The van der Waals surface area contributed by atoms with Crippen LogP contribution in [0.2, 0.25) is 0 Å². The Morgan fingerprint density at radius 1 is 1.13 bits per heavy atom. The van der Waals surface area contributed by atoms with Crippen molar-refractivity contribution in [2.24, 2.45) is 0 Å². The third kappa shape index (κ3) is 4.67. The zero-order valence-corrected chi connectivity index (χ0v) is 24.0. The number of likely N-dealkylation sites (N-methyl/N-ethyl adjacent to an activating group) is 1. The van der Waals surface area contributed by atoms with E-state index in [0.29, 0.717) is 36.3 Å². The molecule has 0 radical (unpaired) electrons. The molecule has 2 aromatic rings. The highest BCUT2D eigenvalue weighted by molar-refractivity contribution is 14.1. The second-order valence-corrected chi connectivity index (χ2v) is 11.9. The van der Waals surface area contributed by atoms with Gasteiger partial charge in [0.25, 0.3) is 11.8 Å². The number of amides is 2. The monoisotopic (exact) mass is 631 g/mol. The van der Waals surface area contributed by atoms with Crippen LogP contribution in [0.25, 0.3) is 0 Å².